The number of anilines is 1. The molecule has 0 atom stereocenters. The molecule has 0 unspecified atom stereocenters. The van der Waals surface area contributed by atoms with Gasteiger partial charge in [0.1, 0.15) is 0 Å². The fraction of sp³-hybridized carbons (Fsp3) is 0.0435. The van der Waals surface area contributed by atoms with Crippen LogP contribution in [-0.2, 0) is 0 Å². The van der Waals surface area contributed by atoms with Gasteiger partial charge in [-0.15, -0.1) is 0 Å². The van der Waals surface area contributed by atoms with Crippen molar-refractivity contribution in [3.8, 4) is 11.1 Å². The fourth-order valence-electron chi connectivity index (χ4n) is 3.38. The Balaban J connectivity index is 1.72. The molecule has 2 aromatic heterocycles. The summed E-state index contributed by atoms with van der Waals surface area (Å²) in [7, 11) is 1.60. The smallest absolute Gasteiger partial charge is 0.258 e. The minimum absolute atomic E-state index is 0.288. The second-order valence-electron chi connectivity index (χ2n) is 6.93. The maximum atomic E-state index is 13.1. The highest BCUT2D eigenvalue weighted by Gasteiger charge is 2.18. The second kappa shape index (κ2) is 8.04. The molecule has 0 fully saturated rings. The zero-order valence-corrected chi connectivity index (χ0v) is 17.2. The molecule has 2 aromatic carbocycles. The molecule has 0 saturated carbocycles. The van der Waals surface area contributed by atoms with Crippen molar-refractivity contribution in [1.82, 2.24) is 9.61 Å². The largest absolute Gasteiger partial charge is 0.366 e. The quantitative estimate of drug-likeness (QED) is 0.484. The number of pyridine rings is 1. The molecule has 0 aliphatic rings. The Morgan fingerprint density at radius 2 is 1.81 bits per heavy atom. The highest BCUT2D eigenvalue weighted by molar-refractivity contribution is 6.31. The van der Waals surface area contributed by atoms with Crippen molar-refractivity contribution in [1.29, 1.82) is 0 Å². The van der Waals surface area contributed by atoms with Crippen molar-refractivity contribution in [3.05, 3.63) is 88.7 Å². The number of aldehydes is 1. The van der Waals surface area contributed by atoms with E-state index >= 15 is 0 Å². The number of hydrogen-bond acceptors (Lipinski definition) is 4. The molecular weight excluding hydrogens is 416 g/mol. The zero-order valence-electron chi connectivity index (χ0n) is 16.4. The van der Waals surface area contributed by atoms with Gasteiger partial charge >= 0.3 is 0 Å². The molecular formula is C23H17ClN4O3. The van der Waals surface area contributed by atoms with E-state index in [0.29, 0.717) is 33.7 Å². The van der Waals surface area contributed by atoms with Gasteiger partial charge in [0, 0.05) is 40.5 Å². The number of nitrogens with two attached hydrogens (primary N) is 1. The van der Waals surface area contributed by atoms with Crippen LogP contribution < -0.4 is 10.6 Å². The first kappa shape index (κ1) is 20.3. The predicted octanol–water partition coefficient (Wildman–Crippen LogP) is 3.84. The third-order valence-corrected chi connectivity index (χ3v) is 5.27. The number of carbonyl (C=O) groups excluding carboxylic acids is 3. The molecule has 0 bridgehead atoms. The lowest BCUT2D eigenvalue weighted by molar-refractivity contribution is 0.0987. The van der Waals surface area contributed by atoms with Crippen LogP contribution in [0.3, 0.4) is 0 Å². The maximum absolute atomic E-state index is 13.1. The molecule has 4 rings (SSSR count). The van der Waals surface area contributed by atoms with Gasteiger partial charge < -0.3 is 10.6 Å². The van der Waals surface area contributed by atoms with Crippen molar-refractivity contribution >= 4 is 40.9 Å². The SMILES string of the molecule is CN(C(=O)c1ccn2ncc(-c3ccc(C(N)=O)cc3)c2c1)c1ccc(Cl)cc1C=O. The summed E-state index contributed by atoms with van der Waals surface area (Å²) in [6, 6.07) is 15.0. The van der Waals surface area contributed by atoms with Crippen LogP contribution >= 0.6 is 11.6 Å². The molecule has 0 aliphatic carbocycles. The zero-order chi connectivity index (χ0) is 22.1. The Morgan fingerprint density at radius 1 is 1.06 bits per heavy atom. The van der Waals surface area contributed by atoms with Crippen LogP contribution in [0.2, 0.25) is 5.02 Å². The van der Waals surface area contributed by atoms with Crippen LogP contribution in [0.25, 0.3) is 16.6 Å². The fourth-order valence-corrected chi connectivity index (χ4v) is 3.56. The lowest BCUT2D eigenvalue weighted by Crippen LogP contribution is -2.27. The molecule has 0 aliphatic heterocycles. The van der Waals surface area contributed by atoms with E-state index in [2.05, 4.69) is 5.10 Å². The lowest BCUT2D eigenvalue weighted by atomic mass is 10.0. The number of nitrogens with zero attached hydrogens (tertiary/aromatic N) is 3. The molecule has 2 N–H and O–H groups in total. The van der Waals surface area contributed by atoms with E-state index in [1.54, 1.807) is 72.5 Å². The summed E-state index contributed by atoms with van der Waals surface area (Å²) in [5.74, 6) is -0.789. The molecule has 0 saturated heterocycles. The Morgan fingerprint density at radius 3 is 2.48 bits per heavy atom. The van der Waals surface area contributed by atoms with Gasteiger partial charge in [-0.2, -0.15) is 5.10 Å². The Hall–Kier alpha value is -3.97. The summed E-state index contributed by atoms with van der Waals surface area (Å²) < 4.78 is 1.66. The number of fused-ring (bicyclic) bond motifs is 1. The first-order valence-corrected chi connectivity index (χ1v) is 9.67. The van der Waals surface area contributed by atoms with Crippen molar-refractivity contribution in [2.75, 3.05) is 11.9 Å². The van der Waals surface area contributed by atoms with E-state index in [9.17, 15) is 14.4 Å². The van der Waals surface area contributed by atoms with Gasteiger partial charge in [-0.25, -0.2) is 4.52 Å². The first-order valence-electron chi connectivity index (χ1n) is 9.29. The number of amides is 2. The molecule has 31 heavy (non-hydrogen) atoms. The molecule has 8 heteroatoms. The molecule has 0 spiro atoms. The summed E-state index contributed by atoms with van der Waals surface area (Å²) in [4.78, 5) is 37.3. The van der Waals surface area contributed by atoms with Gasteiger partial charge in [-0.3, -0.25) is 14.4 Å². The van der Waals surface area contributed by atoms with Crippen LogP contribution in [0.15, 0.2) is 67.0 Å². The average molecular weight is 433 g/mol. The van der Waals surface area contributed by atoms with Crippen molar-refractivity contribution in [3.63, 3.8) is 0 Å². The van der Waals surface area contributed by atoms with E-state index in [-0.39, 0.29) is 5.91 Å². The third-order valence-electron chi connectivity index (χ3n) is 5.03. The van der Waals surface area contributed by atoms with Crippen molar-refractivity contribution in [2.24, 2.45) is 5.73 Å². The number of benzene rings is 2. The normalized spacial score (nSPS) is 10.8. The monoisotopic (exact) mass is 432 g/mol. The van der Waals surface area contributed by atoms with Crippen LogP contribution in [0, 0.1) is 0 Å². The maximum Gasteiger partial charge on any atom is 0.258 e. The van der Waals surface area contributed by atoms with Gasteiger partial charge in [0.25, 0.3) is 5.91 Å². The number of primary amides is 1. The van der Waals surface area contributed by atoms with E-state index in [1.165, 1.54) is 11.0 Å². The Labute approximate surface area is 182 Å². The van der Waals surface area contributed by atoms with E-state index in [0.717, 1.165) is 16.6 Å². The highest BCUT2D eigenvalue weighted by atomic mass is 35.5. The minimum atomic E-state index is -0.501. The van der Waals surface area contributed by atoms with Crippen LogP contribution in [0.5, 0.6) is 0 Å². The van der Waals surface area contributed by atoms with Gasteiger partial charge in [0.05, 0.1) is 17.4 Å². The topological polar surface area (TPSA) is 97.8 Å². The standard InChI is InChI=1S/C23H17ClN4O3/c1-27(20-7-6-18(24)10-17(20)13-29)23(31)16-8-9-28-21(11-16)19(12-26-28)14-2-4-15(5-3-14)22(25)30/h2-13H,1H3,(H2,25,30). The third kappa shape index (κ3) is 3.78. The summed E-state index contributed by atoms with van der Waals surface area (Å²) in [6.07, 6.45) is 4.05. The molecule has 2 amide bonds. The predicted molar refractivity (Wildman–Crippen MR) is 119 cm³/mol. The van der Waals surface area contributed by atoms with Crippen LogP contribution in [0.4, 0.5) is 5.69 Å². The average Bonchev–Trinajstić information content (AvgIpc) is 3.21. The van der Waals surface area contributed by atoms with E-state index < -0.39 is 5.91 Å². The first-order chi connectivity index (χ1) is 14.9. The van der Waals surface area contributed by atoms with E-state index in [4.69, 9.17) is 17.3 Å². The summed E-state index contributed by atoms with van der Waals surface area (Å²) in [6.45, 7) is 0. The molecule has 2 heterocycles. The molecule has 4 aromatic rings. The number of rotatable bonds is 5. The number of hydrogen-bond donors (Lipinski definition) is 1. The van der Waals surface area contributed by atoms with Gasteiger partial charge in [-0.1, -0.05) is 23.7 Å². The van der Waals surface area contributed by atoms with Crippen LogP contribution in [0.1, 0.15) is 31.1 Å². The van der Waals surface area contributed by atoms with Crippen molar-refractivity contribution in [2.45, 2.75) is 0 Å². The summed E-state index contributed by atoms with van der Waals surface area (Å²) in [5.41, 5.74) is 9.28. The molecule has 154 valence electrons. The van der Waals surface area contributed by atoms with Gasteiger partial charge in [0.15, 0.2) is 6.29 Å². The van der Waals surface area contributed by atoms with Crippen LogP contribution in [-0.4, -0.2) is 34.8 Å². The Kier molecular flexibility index (Phi) is 5.27. The lowest BCUT2D eigenvalue weighted by Gasteiger charge is -2.19. The number of aromatic nitrogens is 2. The van der Waals surface area contributed by atoms with E-state index in [1.807, 2.05) is 0 Å². The summed E-state index contributed by atoms with van der Waals surface area (Å²) in [5, 5.41) is 4.75. The van der Waals surface area contributed by atoms with Gasteiger partial charge in [0.2, 0.25) is 5.91 Å². The number of carbonyl (C=O) groups is 3. The molecule has 0 radical (unpaired) electrons. The van der Waals surface area contributed by atoms with Gasteiger partial charge in [-0.05, 0) is 48.0 Å². The molecule has 7 nitrogen and oxygen atoms in total. The minimum Gasteiger partial charge on any atom is -0.366 e. The summed E-state index contributed by atoms with van der Waals surface area (Å²) >= 11 is 5.95. The number of halogens is 1. The Bertz CT molecular complexity index is 1330. The second-order valence-corrected chi connectivity index (χ2v) is 7.37. The van der Waals surface area contributed by atoms with Crippen molar-refractivity contribution < 1.29 is 14.4 Å². The highest BCUT2D eigenvalue weighted by Crippen LogP contribution is 2.27.